The number of hydrogen-bond donors (Lipinski definition) is 2. The second kappa shape index (κ2) is 10.5. The van der Waals surface area contributed by atoms with Gasteiger partial charge in [0.05, 0.1) is 11.3 Å². The zero-order valence-electron chi connectivity index (χ0n) is 18.9. The molecule has 8 nitrogen and oxygen atoms in total. The second-order valence-electron chi connectivity index (χ2n) is 8.16. The Morgan fingerprint density at radius 2 is 1.54 bits per heavy atom. The van der Waals surface area contributed by atoms with Crippen LogP contribution in [-0.2, 0) is 0 Å². The number of aromatic nitrogens is 4. The molecule has 0 unspecified atom stereocenters. The number of hydrogen-bond acceptors (Lipinski definition) is 6. The van der Waals surface area contributed by atoms with Crippen molar-refractivity contribution in [2.24, 2.45) is 0 Å². The number of rotatable bonds is 6. The van der Waals surface area contributed by atoms with Crippen LogP contribution in [0, 0.1) is 0 Å². The van der Waals surface area contributed by atoms with E-state index in [0.717, 1.165) is 24.1 Å². The van der Waals surface area contributed by atoms with Gasteiger partial charge in [0, 0.05) is 17.0 Å². The van der Waals surface area contributed by atoms with Crippen molar-refractivity contribution in [3.63, 3.8) is 0 Å². The Morgan fingerprint density at radius 3 is 2.29 bits per heavy atom. The highest BCUT2D eigenvalue weighted by atomic mass is 32.2. The Balaban J connectivity index is 1.34. The molecule has 176 valence electrons. The van der Waals surface area contributed by atoms with Crippen LogP contribution in [-0.4, -0.2) is 36.8 Å². The molecule has 5 rings (SSSR count). The van der Waals surface area contributed by atoms with E-state index in [-0.39, 0.29) is 5.82 Å². The van der Waals surface area contributed by atoms with Gasteiger partial charge in [-0.05, 0) is 37.1 Å². The number of benzene rings is 2. The first-order valence-electron chi connectivity index (χ1n) is 11.5. The molecule has 1 saturated carbocycles. The number of amides is 2. The fraction of sp³-hybridized carbons (Fsp3) is 0.192. The fourth-order valence-electron chi connectivity index (χ4n) is 3.99. The SMILES string of the molecule is O=C(NNC(=O)c1cccnc1SC1CCCC1)c1nc(-c2ccccc2)n(-c2ccccc2)n1. The third kappa shape index (κ3) is 5.25. The van der Waals surface area contributed by atoms with E-state index < -0.39 is 11.8 Å². The molecule has 2 aromatic heterocycles. The van der Waals surface area contributed by atoms with Crippen LogP contribution in [0.1, 0.15) is 46.7 Å². The number of hydrazine groups is 1. The summed E-state index contributed by atoms with van der Waals surface area (Å²) in [6, 6.07) is 22.4. The lowest BCUT2D eigenvalue weighted by molar-refractivity contribution is 0.0839. The van der Waals surface area contributed by atoms with Gasteiger partial charge in [-0.1, -0.05) is 61.4 Å². The third-order valence-electron chi connectivity index (χ3n) is 5.73. The highest BCUT2D eigenvalue weighted by Gasteiger charge is 2.22. The standard InChI is InChI=1S/C26H24N6O2S/c33-24(21-16-9-17-27-26(21)35-20-14-7-8-15-20)29-30-25(34)22-28-23(18-10-3-1-4-11-18)32(31-22)19-12-5-2-6-13-19/h1-6,9-13,16-17,20H,7-8,14-15H2,(H,29,33)(H,30,34). The van der Waals surface area contributed by atoms with E-state index >= 15 is 0 Å². The Hall–Kier alpha value is -3.98. The number of nitrogens with one attached hydrogen (secondary N) is 2. The first-order valence-corrected chi connectivity index (χ1v) is 12.4. The second-order valence-corrected chi connectivity index (χ2v) is 9.45. The summed E-state index contributed by atoms with van der Waals surface area (Å²) in [7, 11) is 0. The average molecular weight is 485 g/mol. The molecule has 2 N–H and O–H groups in total. The largest absolute Gasteiger partial charge is 0.309 e. The normalized spacial score (nSPS) is 13.5. The molecule has 0 atom stereocenters. The van der Waals surface area contributed by atoms with Gasteiger partial charge in [0.25, 0.3) is 5.91 Å². The maximum absolute atomic E-state index is 12.9. The summed E-state index contributed by atoms with van der Waals surface area (Å²) in [4.78, 5) is 34.6. The lowest BCUT2D eigenvalue weighted by Gasteiger charge is -2.12. The van der Waals surface area contributed by atoms with Gasteiger partial charge in [-0.25, -0.2) is 14.6 Å². The molecule has 0 spiro atoms. The van der Waals surface area contributed by atoms with E-state index in [1.807, 2.05) is 60.7 Å². The van der Waals surface area contributed by atoms with Crippen LogP contribution in [0.2, 0.25) is 0 Å². The number of para-hydroxylation sites is 1. The van der Waals surface area contributed by atoms with Crippen molar-refractivity contribution >= 4 is 23.6 Å². The van der Waals surface area contributed by atoms with Crippen LogP contribution in [0.25, 0.3) is 17.1 Å². The van der Waals surface area contributed by atoms with Crippen LogP contribution in [0.3, 0.4) is 0 Å². The topological polar surface area (TPSA) is 102 Å². The molecule has 1 aliphatic carbocycles. The highest BCUT2D eigenvalue weighted by molar-refractivity contribution is 7.99. The lowest BCUT2D eigenvalue weighted by atomic mass is 10.2. The summed E-state index contributed by atoms with van der Waals surface area (Å²) in [6.45, 7) is 0. The summed E-state index contributed by atoms with van der Waals surface area (Å²) in [5.41, 5.74) is 6.95. The molecule has 0 aliphatic heterocycles. The Morgan fingerprint density at radius 1 is 0.857 bits per heavy atom. The minimum absolute atomic E-state index is 0.0558. The molecule has 2 heterocycles. The summed E-state index contributed by atoms with van der Waals surface area (Å²) < 4.78 is 1.61. The molecular formula is C26H24N6O2S. The summed E-state index contributed by atoms with van der Waals surface area (Å²) >= 11 is 1.62. The molecule has 35 heavy (non-hydrogen) atoms. The van der Waals surface area contributed by atoms with Crippen LogP contribution in [0.4, 0.5) is 0 Å². The number of nitrogens with zero attached hydrogens (tertiary/aromatic N) is 4. The van der Waals surface area contributed by atoms with Gasteiger partial charge in [0.2, 0.25) is 5.82 Å². The van der Waals surface area contributed by atoms with Gasteiger partial charge >= 0.3 is 5.91 Å². The molecule has 0 bridgehead atoms. The molecule has 4 aromatic rings. The molecule has 0 radical (unpaired) electrons. The Bertz CT molecular complexity index is 1260. The summed E-state index contributed by atoms with van der Waals surface area (Å²) in [5.74, 6) is -0.577. The van der Waals surface area contributed by atoms with Crippen molar-refractivity contribution in [2.75, 3.05) is 0 Å². The Labute approximate surface area is 207 Å². The minimum Gasteiger partial charge on any atom is -0.267 e. The summed E-state index contributed by atoms with van der Waals surface area (Å²) in [6.07, 6.45) is 6.33. The van der Waals surface area contributed by atoms with Crippen molar-refractivity contribution < 1.29 is 9.59 Å². The molecule has 1 fully saturated rings. The molecule has 9 heteroatoms. The first-order chi connectivity index (χ1) is 17.2. The van der Waals surface area contributed by atoms with Crippen molar-refractivity contribution in [2.45, 2.75) is 36.0 Å². The highest BCUT2D eigenvalue weighted by Crippen LogP contribution is 2.35. The van der Waals surface area contributed by atoms with E-state index in [0.29, 0.717) is 21.7 Å². The quantitative estimate of drug-likeness (QED) is 0.393. The predicted molar refractivity (Wildman–Crippen MR) is 134 cm³/mol. The zero-order valence-corrected chi connectivity index (χ0v) is 19.7. The van der Waals surface area contributed by atoms with Gasteiger partial charge in [-0.15, -0.1) is 16.9 Å². The van der Waals surface area contributed by atoms with Gasteiger partial charge in [0.15, 0.2) is 5.82 Å². The van der Waals surface area contributed by atoms with Crippen molar-refractivity contribution in [3.05, 3.63) is 90.4 Å². The molecule has 0 saturated heterocycles. The van der Waals surface area contributed by atoms with Crippen LogP contribution in [0.5, 0.6) is 0 Å². The van der Waals surface area contributed by atoms with Crippen LogP contribution >= 0.6 is 11.8 Å². The van der Waals surface area contributed by atoms with Crippen molar-refractivity contribution in [3.8, 4) is 17.1 Å². The van der Waals surface area contributed by atoms with Crippen molar-refractivity contribution in [1.29, 1.82) is 0 Å². The van der Waals surface area contributed by atoms with Gasteiger partial charge in [0.1, 0.15) is 5.03 Å². The smallest absolute Gasteiger partial charge is 0.267 e. The average Bonchev–Trinajstić information content (AvgIpc) is 3.59. The first kappa shape index (κ1) is 22.8. The van der Waals surface area contributed by atoms with Gasteiger partial charge < -0.3 is 0 Å². The number of pyridine rings is 1. The molecule has 2 aromatic carbocycles. The predicted octanol–water partition coefficient (Wildman–Crippen LogP) is 4.44. The minimum atomic E-state index is -0.612. The third-order valence-corrected chi connectivity index (χ3v) is 7.08. The maximum Gasteiger partial charge on any atom is 0.309 e. The molecular weight excluding hydrogens is 460 g/mol. The fourth-order valence-corrected chi connectivity index (χ4v) is 5.28. The van der Waals surface area contributed by atoms with Crippen LogP contribution in [0.15, 0.2) is 84.0 Å². The number of carbonyl (C=O) groups excluding carboxylic acids is 2. The molecule has 2 amide bonds. The van der Waals surface area contributed by atoms with E-state index in [9.17, 15) is 9.59 Å². The summed E-state index contributed by atoms with van der Waals surface area (Å²) in [5, 5.41) is 5.56. The van der Waals surface area contributed by atoms with E-state index in [4.69, 9.17) is 0 Å². The number of thioether (sulfide) groups is 1. The van der Waals surface area contributed by atoms with Gasteiger partial charge in [-0.2, -0.15) is 0 Å². The van der Waals surface area contributed by atoms with E-state index in [1.165, 1.54) is 12.8 Å². The Kier molecular flexibility index (Phi) is 6.85. The van der Waals surface area contributed by atoms with Gasteiger partial charge in [-0.3, -0.25) is 20.4 Å². The van der Waals surface area contributed by atoms with E-state index in [2.05, 4.69) is 25.9 Å². The molecule has 1 aliphatic rings. The number of carbonyl (C=O) groups is 2. The zero-order chi connectivity index (χ0) is 24.0. The monoisotopic (exact) mass is 484 g/mol. The lowest BCUT2D eigenvalue weighted by Crippen LogP contribution is -2.42. The van der Waals surface area contributed by atoms with E-state index in [1.54, 1.807) is 34.8 Å². The maximum atomic E-state index is 12.9. The van der Waals surface area contributed by atoms with Crippen molar-refractivity contribution in [1.82, 2.24) is 30.6 Å². The van der Waals surface area contributed by atoms with Crippen LogP contribution < -0.4 is 10.9 Å².